The third-order valence-corrected chi connectivity index (χ3v) is 6.57. The Morgan fingerprint density at radius 1 is 1.42 bits per heavy atom. The van der Waals surface area contributed by atoms with Crippen LogP contribution < -0.4 is 4.74 Å². The average Bonchev–Trinajstić information content (AvgIpc) is 2.59. The lowest BCUT2D eigenvalue weighted by atomic mass is 9.56. The number of carbonyl (C=O) groups is 1. The minimum atomic E-state index is -0.829. The van der Waals surface area contributed by atoms with Crippen LogP contribution in [0.1, 0.15) is 62.6 Å². The van der Waals surface area contributed by atoms with Gasteiger partial charge in [0.25, 0.3) is 0 Å². The number of aliphatic carboxylic acids is 1. The number of carboxylic acids is 1. The maximum atomic E-state index is 11.6. The molecule has 3 atom stereocenters. The lowest BCUT2D eigenvalue weighted by Gasteiger charge is -2.48. The molecule has 5 heteroatoms. The van der Waals surface area contributed by atoms with Crippen molar-refractivity contribution in [1.29, 1.82) is 0 Å². The quantitative estimate of drug-likeness (QED) is 0.765. The number of hydrogen-bond acceptors (Lipinski definition) is 4. The van der Waals surface area contributed by atoms with E-state index in [1.54, 1.807) is 13.2 Å². The van der Waals surface area contributed by atoms with Crippen molar-refractivity contribution in [2.24, 2.45) is 5.92 Å². The molecule has 1 aromatic carbocycles. The Balaban J connectivity index is 2.20. The van der Waals surface area contributed by atoms with E-state index in [1.165, 1.54) is 0 Å². The zero-order valence-electron chi connectivity index (χ0n) is 15.9. The van der Waals surface area contributed by atoms with Crippen LogP contribution in [0.2, 0.25) is 0 Å². The molecule has 2 aliphatic carbocycles. The molecule has 1 unspecified atom stereocenters. The predicted molar refractivity (Wildman–Crippen MR) is 98.9 cm³/mol. The van der Waals surface area contributed by atoms with Crippen molar-refractivity contribution in [2.45, 2.75) is 57.8 Å². The molecule has 0 radical (unpaired) electrons. The summed E-state index contributed by atoms with van der Waals surface area (Å²) in [6.07, 6.45) is 2.75. The predicted octanol–water partition coefficient (Wildman–Crippen LogP) is 3.51. The number of ether oxygens (including phenoxy) is 1. The number of benzene rings is 1. The molecule has 2 aliphatic rings. The van der Waals surface area contributed by atoms with Crippen LogP contribution in [-0.2, 0) is 16.6 Å². The first-order chi connectivity index (χ1) is 12.3. The highest BCUT2D eigenvalue weighted by atomic mass is 16.5. The average molecular weight is 360 g/mol. The van der Waals surface area contributed by atoms with Crippen LogP contribution >= 0.6 is 0 Å². The second-order valence-corrected chi connectivity index (χ2v) is 7.93. The molecular weight excluding hydrogens is 332 g/mol. The third kappa shape index (κ3) is 2.60. The van der Waals surface area contributed by atoms with E-state index in [4.69, 9.17) is 4.74 Å². The van der Waals surface area contributed by atoms with Gasteiger partial charge in [-0.1, -0.05) is 19.4 Å². The van der Waals surface area contributed by atoms with Crippen LogP contribution in [0.25, 0.3) is 0 Å². The van der Waals surface area contributed by atoms with E-state index in [9.17, 15) is 20.1 Å². The van der Waals surface area contributed by atoms with Gasteiger partial charge in [-0.05, 0) is 44.6 Å². The fourth-order valence-corrected chi connectivity index (χ4v) is 5.15. The van der Waals surface area contributed by atoms with Crippen molar-refractivity contribution in [3.8, 4) is 11.5 Å². The summed E-state index contributed by atoms with van der Waals surface area (Å²) in [5, 5.41) is 29.9. The van der Waals surface area contributed by atoms with Gasteiger partial charge in [-0.25, -0.2) is 4.79 Å². The Morgan fingerprint density at radius 3 is 2.69 bits per heavy atom. The van der Waals surface area contributed by atoms with Gasteiger partial charge in [0.15, 0.2) is 0 Å². The van der Waals surface area contributed by atoms with Gasteiger partial charge >= 0.3 is 5.97 Å². The van der Waals surface area contributed by atoms with E-state index in [0.29, 0.717) is 18.4 Å². The SMILES string of the molecule is COc1c(C(C)CO)cc(O)c2c1CC[C@H]1C(C)=C(C(=O)O)CC[C@]21C. The van der Waals surface area contributed by atoms with Gasteiger partial charge in [0.05, 0.1) is 7.11 Å². The lowest BCUT2D eigenvalue weighted by molar-refractivity contribution is -0.133. The number of rotatable bonds is 4. The highest BCUT2D eigenvalue weighted by Gasteiger charge is 2.47. The van der Waals surface area contributed by atoms with Gasteiger partial charge in [0, 0.05) is 40.2 Å². The number of allylic oxidation sites excluding steroid dienone is 1. The maximum Gasteiger partial charge on any atom is 0.331 e. The molecule has 0 amide bonds. The molecule has 5 nitrogen and oxygen atoms in total. The molecule has 0 bridgehead atoms. The number of carboxylic acid groups (broad SMARTS) is 1. The maximum absolute atomic E-state index is 11.6. The van der Waals surface area contributed by atoms with E-state index >= 15 is 0 Å². The molecule has 0 aromatic heterocycles. The summed E-state index contributed by atoms with van der Waals surface area (Å²) in [7, 11) is 1.63. The number of fused-ring (bicyclic) bond motifs is 3. The molecule has 0 fully saturated rings. The van der Waals surface area contributed by atoms with Crippen LogP contribution in [0.15, 0.2) is 17.2 Å². The molecule has 0 saturated heterocycles. The van der Waals surface area contributed by atoms with E-state index in [0.717, 1.165) is 40.9 Å². The minimum absolute atomic E-state index is 0.0156. The van der Waals surface area contributed by atoms with Crippen molar-refractivity contribution in [1.82, 2.24) is 0 Å². The van der Waals surface area contributed by atoms with Crippen molar-refractivity contribution < 1.29 is 24.9 Å². The molecule has 0 spiro atoms. The second kappa shape index (κ2) is 6.62. The molecule has 0 aliphatic heterocycles. The first-order valence-corrected chi connectivity index (χ1v) is 9.23. The summed E-state index contributed by atoms with van der Waals surface area (Å²) in [6, 6.07) is 1.72. The molecule has 3 N–H and O–H groups in total. The number of aromatic hydroxyl groups is 1. The zero-order valence-corrected chi connectivity index (χ0v) is 15.9. The number of aliphatic hydroxyl groups excluding tert-OH is 1. The number of hydrogen-bond donors (Lipinski definition) is 3. The van der Waals surface area contributed by atoms with Gasteiger partial charge in [-0.15, -0.1) is 0 Å². The molecule has 1 aromatic rings. The summed E-state index contributed by atoms with van der Waals surface area (Å²) in [4.78, 5) is 11.6. The van der Waals surface area contributed by atoms with E-state index in [2.05, 4.69) is 6.92 Å². The lowest BCUT2D eigenvalue weighted by Crippen LogP contribution is -2.41. The highest BCUT2D eigenvalue weighted by Crippen LogP contribution is 2.56. The number of methoxy groups -OCH3 is 1. The van der Waals surface area contributed by atoms with E-state index in [1.807, 2.05) is 13.8 Å². The fourth-order valence-electron chi connectivity index (χ4n) is 5.15. The summed E-state index contributed by atoms with van der Waals surface area (Å²) in [5.41, 5.74) is 3.87. The van der Waals surface area contributed by atoms with Gasteiger partial charge in [0.2, 0.25) is 0 Å². The largest absolute Gasteiger partial charge is 0.508 e. The molecule has 0 heterocycles. The number of phenols is 1. The number of phenolic OH excluding ortho intramolecular Hbond substituents is 1. The molecule has 3 rings (SSSR count). The van der Waals surface area contributed by atoms with Gasteiger partial charge < -0.3 is 20.1 Å². The topological polar surface area (TPSA) is 87.0 Å². The molecule has 26 heavy (non-hydrogen) atoms. The molecule has 0 saturated carbocycles. The van der Waals surface area contributed by atoms with E-state index < -0.39 is 5.97 Å². The normalized spacial score (nSPS) is 26.1. The summed E-state index contributed by atoms with van der Waals surface area (Å²) < 4.78 is 5.70. The van der Waals surface area contributed by atoms with Crippen LogP contribution in [0, 0.1) is 5.92 Å². The zero-order chi connectivity index (χ0) is 19.2. The Morgan fingerprint density at radius 2 is 2.12 bits per heavy atom. The first kappa shape index (κ1) is 18.8. The van der Waals surface area contributed by atoms with Crippen LogP contribution in [0.5, 0.6) is 11.5 Å². The third-order valence-electron chi connectivity index (χ3n) is 6.57. The molecular formula is C21H28O5. The van der Waals surface area contributed by atoms with Crippen molar-refractivity contribution >= 4 is 5.97 Å². The smallest absolute Gasteiger partial charge is 0.331 e. The summed E-state index contributed by atoms with van der Waals surface area (Å²) >= 11 is 0. The van der Waals surface area contributed by atoms with Crippen molar-refractivity contribution in [3.63, 3.8) is 0 Å². The summed E-state index contributed by atoms with van der Waals surface area (Å²) in [5.74, 6) is 0.133. The Hall–Kier alpha value is -2.01. The van der Waals surface area contributed by atoms with Crippen LogP contribution in [-0.4, -0.2) is 35.0 Å². The van der Waals surface area contributed by atoms with Crippen molar-refractivity contribution in [2.75, 3.05) is 13.7 Å². The minimum Gasteiger partial charge on any atom is -0.508 e. The Bertz CT molecular complexity index is 779. The Kier molecular flexibility index (Phi) is 4.78. The standard InChI is InChI=1S/C21H28O5/c1-11(10-22)15-9-17(23)18-14(19(15)26-4)5-6-16-12(2)13(20(24)25)7-8-21(16,18)3/h9,11,16,22-23H,5-8,10H2,1-4H3,(H,24,25)/t11?,16-,21-/m0/s1. The molecule has 142 valence electrons. The van der Waals surface area contributed by atoms with Crippen LogP contribution in [0.4, 0.5) is 0 Å². The van der Waals surface area contributed by atoms with Crippen LogP contribution in [0.3, 0.4) is 0 Å². The monoisotopic (exact) mass is 360 g/mol. The first-order valence-electron chi connectivity index (χ1n) is 9.23. The highest BCUT2D eigenvalue weighted by molar-refractivity contribution is 5.88. The summed E-state index contributed by atoms with van der Waals surface area (Å²) in [6.45, 7) is 5.95. The number of aliphatic hydroxyl groups is 1. The van der Waals surface area contributed by atoms with Gasteiger partial charge in [-0.3, -0.25) is 0 Å². The Labute approximate surface area is 154 Å². The second-order valence-electron chi connectivity index (χ2n) is 7.93. The van der Waals surface area contributed by atoms with Gasteiger partial charge in [0.1, 0.15) is 11.5 Å². The van der Waals surface area contributed by atoms with E-state index in [-0.39, 0.29) is 29.6 Å². The van der Waals surface area contributed by atoms with Crippen molar-refractivity contribution in [3.05, 3.63) is 33.9 Å². The van der Waals surface area contributed by atoms with Gasteiger partial charge in [-0.2, -0.15) is 0 Å². The fraction of sp³-hybridized carbons (Fsp3) is 0.571.